The zero-order chi connectivity index (χ0) is 15.1. The topological polar surface area (TPSA) is 0 Å². The molecule has 0 saturated carbocycles. The molecular weight excluding hydrogens is 240 g/mol. The van der Waals surface area contributed by atoms with Gasteiger partial charge in [0.25, 0.3) is 0 Å². The van der Waals surface area contributed by atoms with Crippen LogP contribution in [0.4, 0.5) is 0 Å². The Balaban J connectivity index is 0.000000327. The van der Waals surface area contributed by atoms with Gasteiger partial charge < -0.3 is 0 Å². The first-order valence-corrected chi connectivity index (χ1v) is 7.08. The van der Waals surface area contributed by atoms with E-state index in [4.69, 9.17) is 0 Å². The van der Waals surface area contributed by atoms with Gasteiger partial charge in [0.05, 0.1) is 0 Å². The van der Waals surface area contributed by atoms with E-state index in [1.807, 2.05) is 36.4 Å². The number of benzene rings is 2. The maximum absolute atomic E-state index is 3.63. The molecule has 0 atom stereocenters. The van der Waals surface area contributed by atoms with E-state index in [2.05, 4.69) is 57.0 Å². The van der Waals surface area contributed by atoms with Crippen LogP contribution in [0, 0.1) is 0 Å². The van der Waals surface area contributed by atoms with Crippen LogP contribution in [0.5, 0.6) is 0 Å². The van der Waals surface area contributed by atoms with E-state index in [1.54, 1.807) is 0 Å². The molecule has 0 spiro atoms. The number of hydrogen-bond acceptors (Lipinski definition) is 0. The van der Waals surface area contributed by atoms with Crippen LogP contribution in [0.25, 0.3) is 6.08 Å². The Morgan fingerprint density at radius 3 is 1.75 bits per heavy atom. The minimum atomic E-state index is 1.17. The first kappa shape index (κ1) is 17.9. The fourth-order valence-electron chi connectivity index (χ4n) is 1.61. The Morgan fingerprint density at radius 2 is 1.35 bits per heavy atom. The number of hydrogen-bond donors (Lipinski definition) is 0. The Bertz CT molecular complexity index is 428. The lowest BCUT2D eigenvalue weighted by Crippen LogP contribution is -1.81. The predicted octanol–water partition coefficient (Wildman–Crippen LogP) is 6.16. The Kier molecular flexibility index (Phi) is 12.0. The lowest BCUT2D eigenvalue weighted by atomic mass is 10.1. The van der Waals surface area contributed by atoms with Gasteiger partial charge in [0, 0.05) is 0 Å². The van der Waals surface area contributed by atoms with E-state index in [0.29, 0.717) is 0 Å². The average molecular weight is 266 g/mol. The maximum Gasteiger partial charge on any atom is -0.0263 e. The number of aryl methyl sites for hydroxylation is 1. The molecule has 0 unspecified atom stereocenters. The van der Waals surface area contributed by atoms with E-state index >= 15 is 0 Å². The van der Waals surface area contributed by atoms with Crippen molar-refractivity contribution >= 4 is 6.08 Å². The zero-order valence-corrected chi connectivity index (χ0v) is 12.6. The smallest absolute Gasteiger partial charge is 0.0263 e. The van der Waals surface area contributed by atoms with Gasteiger partial charge in [-0.2, -0.15) is 0 Å². The van der Waals surface area contributed by atoms with Gasteiger partial charge in [0.15, 0.2) is 0 Å². The highest BCUT2D eigenvalue weighted by Crippen LogP contribution is 2.03. The molecule has 0 radical (unpaired) electrons. The summed E-state index contributed by atoms with van der Waals surface area (Å²) in [5.41, 5.74) is 2.64. The third-order valence-electron chi connectivity index (χ3n) is 2.70. The van der Waals surface area contributed by atoms with Crippen LogP contribution in [-0.4, -0.2) is 0 Å². The second-order valence-corrected chi connectivity index (χ2v) is 4.20. The van der Waals surface area contributed by atoms with Crippen molar-refractivity contribution in [3.8, 4) is 0 Å². The molecule has 0 amide bonds. The van der Waals surface area contributed by atoms with Crippen LogP contribution < -0.4 is 0 Å². The van der Waals surface area contributed by atoms with Crippen LogP contribution in [0.15, 0.2) is 80.4 Å². The first-order valence-electron chi connectivity index (χ1n) is 7.08. The van der Waals surface area contributed by atoms with Crippen LogP contribution in [-0.2, 0) is 6.42 Å². The van der Waals surface area contributed by atoms with Gasteiger partial charge in [0.2, 0.25) is 0 Å². The molecule has 0 bridgehead atoms. The van der Waals surface area contributed by atoms with Gasteiger partial charge in [-0.3, -0.25) is 0 Å². The fourth-order valence-corrected chi connectivity index (χ4v) is 1.61. The molecule has 0 aliphatic rings. The van der Waals surface area contributed by atoms with Crippen molar-refractivity contribution < 1.29 is 0 Å². The third kappa shape index (κ3) is 8.93. The highest BCUT2D eigenvalue weighted by Gasteiger charge is 1.87. The molecule has 0 heteroatoms. The second-order valence-electron chi connectivity index (χ2n) is 4.20. The molecule has 106 valence electrons. The van der Waals surface area contributed by atoms with Crippen molar-refractivity contribution in [1.82, 2.24) is 0 Å². The summed E-state index contributed by atoms with van der Waals surface area (Å²) < 4.78 is 0. The first-order chi connectivity index (χ1) is 9.86. The van der Waals surface area contributed by atoms with E-state index in [0.717, 1.165) is 0 Å². The SMILES string of the molecule is C=C.C=Cc1ccccc1.CCCCc1ccccc1. The Morgan fingerprint density at radius 1 is 0.850 bits per heavy atom. The van der Waals surface area contributed by atoms with Crippen molar-refractivity contribution in [2.45, 2.75) is 26.2 Å². The average Bonchev–Trinajstić information content (AvgIpc) is 2.57. The van der Waals surface area contributed by atoms with Gasteiger partial charge in [-0.05, 0) is 24.0 Å². The quantitative estimate of drug-likeness (QED) is 0.581. The van der Waals surface area contributed by atoms with Crippen molar-refractivity contribution in [2.24, 2.45) is 0 Å². The largest absolute Gasteiger partial charge is 0.106 e. The van der Waals surface area contributed by atoms with E-state index in [1.165, 1.54) is 30.4 Å². The van der Waals surface area contributed by atoms with Gasteiger partial charge >= 0.3 is 0 Å². The molecule has 0 heterocycles. The summed E-state index contributed by atoms with van der Waals surface area (Å²) >= 11 is 0. The zero-order valence-electron chi connectivity index (χ0n) is 12.6. The summed E-state index contributed by atoms with van der Waals surface area (Å²) in [5.74, 6) is 0. The standard InChI is InChI=1S/C10H14.C8H8.C2H4/c1-2-3-7-10-8-5-4-6-9-10;1-2-8-6-4-3-5-7-8;1-2/h4-6,8-9H,2-3,7H2,1H3;2-7H,1H2;1-2H2. The molecule has 0 fully saturated rings. The van der Waals surface area contributed by atoms with Crippen molar-refractivity contribution in [2.75, 3.05) is 0 Å². The molecule has 0 saturated heterocycles. The summed E-state index contributed by atoms with van der Waals surface area (Å²) in [6, 6.07) is 20.7. The summed E-state index contributed by atoms with van der Waals surface area (Å²) in [6.07, 6.45) is 5.66. The summed E-state index contributed by atoms with van der Waals surface area (Å²) in [4.78, 5) is 0. The van der Waals surface area contributed by atoms with E-state index in [-0.39, 0.29) is 0 Å². The lowest BCUT2D eigenvalue weighted by molar-refractivity contribution is 0.795. The molecular formula is C20H26. The van der Waals surface area contributed by atoms with Gasteiger partial charge in [-0.25, -0.2) is 0 Å². The summed E-state index contributed by atoms with van der Waals surface area (Å²) in [6.45, 7) is 11.9. The molecule has 2 rings (SSSR count). The van der Waals surface area contributed by atoms with Crippen LogP contribution in [0.3, 0.4) is 0 Å². The Labute approximate surface area is 124 Å². The maximum atomic E-state index is 3.63. The van der Waals surface area contributed by atoms with Crippen molar-refractivity contribution in [3.63, 3.8) is 0 Å². The second kappa shape index (κ2) is 13.4. The van der Waals surface area contributed by atoms with E-state index < -0.39 is 0 Å². The van der Waals surface area contributed by atoms with Crippen molar-refractivity contribution in [1.29, 1.82) is 0 Å². The molecule has 0 aliphatic heterocycles. The third-order valence-corrected chi connectivity index (χ3v) is 2.70. The molecule has 0 N–H and O–H groups in total. The number of rotatable bonds is 4. The number of unbranched alkanes of at least 4 members (excludes halogenated alkanes) is 1. The molecule has 20 heavy (non-hydrogen) atoms. The minimum absolute atomic E-state index is 1.17. The highest BCUT2D eigenvalue weighted by atomic mass is 13.9. The van der Waals surface area contributed by atoms with Crippen LogP contribution >= 0.6 is 0 Å². The Hall–Kier alpha value is -2.08. The van der Waals surface area contributed by atoms with Gasteiger partial charge in [-0.15, -0.1) is 13.2 Å². The predicted molar refractivity (Wildman–Crippen MR) is 92.8 cm³/mol. The monoisotopic (exact) mass is 266 g/mol. The highest BCUT2D eigenvalue weighted by molar-refractivity contribution is 5.45. The summed E-state index contributed by atoms with van der Waals surface area (Å²) in [7, 11) is 0. The minimum Gasteiger partial charge on any atom is -0.106 e. The van der Waals surface area contributed by atoms with Gasteiger partial charge in [-0.1, -0.05) is 86.7 Å². The van der Waals surface area contributed by atoms with Crippen LogP contribution in [0.2, 0.25) is 0 Å². The lowest BCUT2D eigenvalue weighted by Gasteiger charge is -1.96. The van der Waals surface area contributed by atoms with Gasteiger partial charge in [0.1, 0.15) is 0 Å². The molecule has 2 aromatic rings. The van der Waals surface area contributed by atoms with Crippen LogP contribution in [0.1, 0.15) is 30.9 Å². The molecule has 2 aromatic carbocycles. The molecule has 0 aromatic heterocycles. The molecule has 0 nitrogen and oxygen atoms in total. The normalized spacial score (nSPS) is 8.45. The van der Waals surface area contributed by atoms with E-state index in [9.17, 15) is 0 Å². The molecule has 0 aliphatic carbocycles. The van der Waals surface area contributed by atoms with Crippen molar-refractivity contribution in [3.05, 3.63) is 91.5 Å². The fraction of sp³-hybridized carbons (Fsp3) is 0.200. The summed E-state index contributed by atoms with van der Waals surface area (Å²) in [5, 5.41) is 0.